The zero-order valence-electron chi connectivity index (χ0n) is 10.3. The normalized spacial score (nSPS) is 11.8. The molecule has 0 fully saturated rings. The van der Waals surface area contributed by atoms with Crippen LogP contribution in [0.4, 0.5) is 13.2 Å². The van der Waals surface area contributed by atoms with E-state index in [1.54, 1.807) is 6.07 Å². The van der Waals surface area contributed by atoms with Crippen molar-refractivity contribution in [3.63, 3.8) is 0 Å². The fraction of sp³-hybridized carbons (Fsp3) is 0.0833. The molecule has 0 saturated heterocycles. The number of hydrogen-bond acceptors (Lipinski definition) is 4. The Balaban J connectivity index is 1.99. The van der Waals surface area contributed by atoms with Gasteiger partial charge in [-0.05, 0) is 30.3 Å². The van der Waals surface area contributed by atoms with Crippen LogP contribution in [0.25, 0.3) is 16.7 Å². The van der Waals surface area contributed by atoms with Crippen molar-refractivity contribution < 1.29 is 17.9 Å². The first-order valence-corrected chi connectivity index (χ1v) is 5.72. The van der Waals surface area contributed by atoms with E-state index in [0.29, 0.717) is 11.2 Å². The highest BCUT2D eigenvalue weighted by atomic mass is 19.4. The van der Waals surface area contributed by atoms with Crippen LogP contribution in [-0.4, -0.2) is 26.3 Å². The van der Waals surface area contributed by atoms with Gasteiger partial charge >= 0.3 is 6.36 Å². The number of fused-ring (bicyclic) bond motifs is 1. The molecule has 9 heteroatoms. The van der Waals surface area contributed by atoms with E-state index < -0.39 is 11.9 Å². The van der Waals surface area contributed by atoms with Crippen LogP contribution in [0.2, 0.25) is 0 Å². The van der Waals surface area contributed by atoms with Crippen LogP contribution in [-0.2, 0) is 0 Å². The summed E-state index contributed by atoms with van der Waals surface area (Å²) < 4.78 is 41.2. The summed E-state index contributed by atoms with van der Waals surface area (Å²) in [5.41, 5.74) is 0.520. The molecule has 0 aliphatic heterocycles. The predicted molar refractivity (Wildman–Crippen MR) is 66.2 cm³/mol. The minimum absolute atomic E-state index is 0.146. The molecular weight excluding hydrogens is 289 g/mol. The van der Waals surface area contributed by atoms with Crippen LogP contribution >= 0.6 is 0 Å². The van der Waals surface area contributed by atoms with Crippen molar-refractivity contribution in [2.24, 2.45) is 0 Å². The summed E-state index contributed by atoms with van der Waals surface area (Å²) in [5, 5.41) is 9.84. The summed E-state index contributed by atoms with van der Waals surface area (Å²) >= 11 is 0. The minimum atomic E-state index is -4.75. The predicted octanol–water partition coefficient (Wildman–Crippen LogP) is 2.01. The average molecular weight is 296 g/mol. The van der Waals surface area contributed by atoms with Crippen LogP contribution < -0.4 is 10.3 Å². The molecule has 0 radical (unpaired) electrons. The zero-order valence-corrected chi connectivity index (χ0v) is 10.3. The molecule has 0 spiro atoms. The fourth-order valence-corrected chi connectivity index (χ4v) is 1.85. The smallest absolute Gasteiger partial charge is 0.406 e. The van der Waals surface area contributed by atoms with Gasteiger partial charge in [-0.2, -0.15) is 15.4 Å². The Morgan fingerprint density at radius 3 is 2.48 bits per heavy atom. The third-order valence-electron chi connectivity index (χ3n) is 2.73. The quantitative estimate of drug-likeness (QED) is 0.785. The van der Waals surface area contributed by atoms with Gasteiger partial charge in [-0.3, -0.25) is 9.36 Å². The van der Waals surface area contributed by atoms with E-state index in [2.05, 4.69) is 20.1 Å². The molecule has 6 nitrogen and oxygen atoms in total. The number of aromatic nitrogens is 4. The molecule has 2 aromatic heterocycles. The maximum atomic E-state index is 12.1. The molecule has 0 aliphatic carbocycles. The first-order valence-electron chi connectivity index (χ1n) is 5.72. The van der Waals surface area contributed by atoms with E-state index in [-0.39, 0.29) is 11.3 Å². The minimum Gasteiger partial charge on any atom is -0.406 e. The van der Waals surface area contributed by atoms with Gasteiger partial charge in [-0.25, -0.2) is 0 Å². The summed E-state index contributed by atoms with van der Waals surface area (Å²) in [4.78, 5) is 12.1. The number of nitrogens with zero attached hydrogens (tertiary/aromatic N) is 3. The molecule has 1 N–H and O–H groups in total. The van der Waals surface area contributed by atoms with Gasteiger partial charge in [0.2, 0.25) is 0 Å². The Kier molecular flexibility index (Phi) is 2.89. The first kappa shape index (κ1) is 13.2. The van der Waals surface area contributed by atoms with Gasteiger partial charge in [0.05, 0.1) is 0 Å². The second kappa shape index (κ2) is 4.62. The average Bonchev–Trinajstić information content (AvgIpc) is 2.88. The van der Waals surface area contributed by atoms with Gasteiger partial charge in [0.15, 0.2) is 5.52 Å². The van der Waals surface area contributed by atoms with E-state index in [1.807, 2.05) is 0 Å². The third-order valence-corrected chi connectivity index (χ3v) is 2.73. The summed E-state index contributed by atoms with van der Waals surface area (Å²) in [6.07, 6.45) is -3.29. The maximum absolute atomic E-state index is 12.1. The van der Waals surface area contributed by atoms with E-state index in [0.717, 1.165) is 12.1 Å². The van der Waals surface area contributed by atoms with Crippen LogP contribution in [0.3, 0.4) is 0 Å². The number of halogens is 3. The molecule has 2 heterocycles. The highest BCUT2D eigenvalue weighted by molar-refractivity contribution is 5.72. The summed E-state index contributed by atoms with van der Waals surface area (Å²) in [7, 11) is 0. The van der Waals surface area contributed by atoms with E-state index >= 15 is 0 Å². The number of H-pyrrole nitrogens is 1. The molecule has 21 heavy (non-hydrogen) atoms. The molecule has 0 atom stereocenters. The standard InChI is InChI=1S/C12H7F3N4O2/c13-12(14,15)21-8-3-1-7(2-4-8)19-6-5-9-10(11(19)20)17-18-16-9/h1-6H,(H,16,17,18). The van der Waals surface area contributed by atoms with Crippen molar-refractivity contribution in [3.05, 3.63) is 46.9 Å². The van der Waals surface area contributed by atoms with E-state index in [9.17, 15) is 18.0 Å². The third kappa shape index (κ3) is 2.57. The van der Waals surface area contributed by atoms with E-state index in [4.69, 9.17) is 0 Å². The molecule has 0 unspecified atom stereocenters. The largest absolute Gasteiger partial charge is 0.573 e. The Morgan fingerprint density at radius 2 is 1.81 bits per heavy atom. The lowest BCUT2D eigenvalue weighted by Gasteiger charge is -2.10. The van der Waals surface area contributed by atoms with Gasteiger partial charge in [-0.1, -0.05) is 0 Å². The van der Waals surface area contributed by atoms with Crippen LogP contribution in [0.5, 0.6) is 5.75 Å². The maximum Gasteiger partial charge on any atom is 0.573 e. The van der Waals surface area contributed by atoms with Crippen LogP contribution in [0.15, 0.2) is 41.3 Å². The Hall–Kier alpha value is -2.84. The molecular formula is C12H7F3N4O2. The van der Waals surface area contributed by atoms with Gasteiger partial charge in [0.25, 0.3) is 5.56 Å². The SMILES string of the molecule is O=c1c2n[nH]nc2ccn1-c1ccc(OC(F)(F)F)cc1. The number of hydrogen-bond donors (Lipinski definition) is 1. The lowest BCUT2D eigenvalue weighted by atomic mass is 10.3. The Bertz CT molecular complexity index is 836. The van der Waals surface area contributed by atoms with Crippen LogP contribution in [0, 0.1) is 0 Å². The molecule has 0 saturated carbocycles. The van der Waals surface area contributed by atoms with Crippen molar-refractivity contribution in [2.45, 2.75) is 6.36 Å². The fourth-order valence-electron chi connectivity index (χ4n) is 1.85. The number of pyridine rings is 1. The van der Waals surface area contributed by atoms with Gasteiger partial charge in [-0.15, -0.1) is 13.2 Å². The summed E-state index contributed by atoms with van der Waals surface area (Å²) in [6, 6.07) is 6.51. The molecule has 108 valence electrons. The number of ether oxygens (including phenoxy) is 1. The van der Waals surface area contributed by atoms with Gasteiger partial charge < -0.3 is 4.74 Å². The van der Waals surface area contributed by atoms with Crippen molar-refractivity contribution in [1.82, 2.24) is 20.0 Å². The number of benzene rings is 1. The highest BCUT2D eigenvalue weighted by Crippen LogP contribution is 2.23. The van der Waals surface area contributed by atoms with Crippen molar-refractivity contribution in [3.8, 4) is 11.4 Å². The Labute approximate surface area is 114 Å². The van der Waals surface area contributed by atoms with Crippen LogP contribution in [0.1, 0.15) is 0 Å². The number of nitrogens with one attached hydrogen (secondary N) is 1. The molecule has 0 amide bonds. The second-order valence-electron chi connectivity index (χ2n) is 4.09. The molecule has 0 aliphatic rings. The summed E-state index contributed by atoms with van der Waals surface area (Å²) in [5.74, 6) is -0.359. The lowest BCUT2D eigenvalue weighted by molar-refractivity contribution is -0.274. The zero-order chi connectivity index (χ0) is 15.0. The molecule has 0 bridgehead atoms. The molecule has 1 aromatic carbocycles. The highest BCUT2D eigenvalue weighted by Gasteiger charge is 2.30. The lowest BCUT2D eigenvalue weighted by Crippen LogP contribution is -2.18. The topological polar surface area (TPSA) is 72.8 Å². The van der Waals surface area contributed by atoms with Crippen molar-refractivity contribution in [1.29, 1.82) is 0 Å². The van der Waals surface area contributed by atoms with Crippen molar-refractivity contribution in [2.75, 3.05) is 0 Å². The van der Waals surface area contributed by atoms with E-state index in [1.165, 1.54) is 22.9 Å². The number of aromatic amines is 1. The number of alkyl halides is 3. The Morgan fingerprint density at radius 1 is 1.10 bits per heavy atom. The summed E-state index contributed by atoms with van der Waals surface area (Å²) in [6.45, 7) is 0. The monoisotopic (exact) mass is 296 g/mol. The van der Waals surface area contributed by atoms with Gasteiger partial charge in [0.1, 0.15) is 11.3 Å². The number of rotatable bonds is 2. The second-order valence-corrected chi connectivity index (χ2v) is 4.09. The van der Waals surface area contributed by atoms with Crippen molar-refractivity contribution >= 4 is 11.0 Å². The first-order chi connectivity index (χ1) is 9.94. The van der Waals surface area contributed by atoms with Gasteiger partial charge in [0, 0.05) is 11.9 Å². The molecule has 3 aromatic rings. The molecule has 3 rings (SSSR count).